The molecule has 0 atom stereocenters. The molecule has 4 aliphatic rings. The van der Waals surface area contributed by atoms with E-state index >= 15 is 0 Å². The van der Waals surface area contributed by atoms with E-state index in [9.17, 15) is 0 Å². The predicted molar refractivity (Wildman–Crippen MR) is 131 cm³/mol. The predicted octanol–water partition coefficient (Wildman–Crippen LogP) is -1.14. The van der Waals surface area contributed by atoms with E-state index in [1.807, 2.05) is 23.1 Å². The molecule has 1 aliphatic carbocycles. The molecule has 198 valence electrons. The van der Waals surface area contributed by atoms with Crippen molar-refractivity contribution in [1.29, 1.82) is 0 Å². The topological polar surface area (TPSA) is 142 Å². The van der Waals surface area contributed by atoms with Gasteiger partial charge >= 0.3 is 5.17 Å². The molecule has 6 rings (SSSR count). The number of rotatable bonds is 2. The van der Waals surface area contributed by atoms with Crippen molar-refractivity contribution >= 4 is 44.7 Å². The van der Waals surface area contributed by atoms with E-state index in [1.165, 1.54) is 20.9 Å². The number of aromatic nitrogens is 1. The van der Waals surface area contributed by atoms with Gasteiger partial charge in [-0.25, -0.2) is 28.2 Å². The molecule has 3 aliphatic heterocycles. The molecule has 4 heterocycles. The SMILES string of the molecule is CC1(C)C2=NC(=[N+]3CCOCC3)SC2=C(c2ccccc2)c2sc(N3CCOCC3)nc21.[O-][Cl+3]([O-])([O-])[O-]. The van der Waals surface area contributed by atoms with Crippen LogP contribution in [0.1, 0.15) is 30.0 Å². The minimum absolute atomic E-state index is 0.245. The van der Waals surface area contributed by atoms with Crippen molar-refractivity contribution < 1.29 is 42.9 Å². The zero-order valence-electron chi connectivity index (χ0n) is 20.5. The highest BCUT2D eigenvalue weighted by Crippen LogP contribution is 2.52. The summed E-state index contributed by atoms with van der Waals surface area (Å²) in [7, 11) is -4.94. The molecule has 0 spiro atoms. The standard InChI is InChI=1S/C24H27N4O2S2.ClHO4/c1-24(2)20-18(31-22(25-20)27-8-12-29-13-9-27)17(16-6-4-3-5-7-16)19-21(24)26-23(32-19)28-10-14-30-15-11-28;2-1(3,4)5/h3-7H,8-15H2,1-2H3;(H,2,3,4,5)/q+1;/p-1. The zero-order chi connectivity index (χ0) is 26.2. The van der Waals surface area contributed by atoms with Gasteiger partial charge in [0.25, 0.3) is 0 Å². The second kappa shape index (κ2) is 10.7. The van der Waals surface area contributed by atoms with Gasteiger partial charge < -0.3 is 14.4 Å². The number of hydrogen-bond donors (Lipinski definition) is 0. The molecule has 2 fully saturated rings. The van der Waals surface area contributed by atoms with Gasteiger partial charge in [-0.15, -0.1) is 10.2 Å². The summed E-state index contributed by atoms with van der Waals surface area (Å²) in [5, 5.41) is 2.20. The monoisotopic (exact) mass is 566 g/mol. The Kier molecular flexibility index (Phi) is 7.74. The molecule has 0 saturated carbocycles. The summed E-state index contributed by atoms with van der Waals surface area (Å²) in [4.78, 5) is 15.4. The van der Waals surface area contributed by atoms with Crippen LogP contribution in [0.25, 0.3) is 5.57 Å². The summed E-state index contributed by atoms with van der Waals surface area (Å²) in [5.41, 5.74) is 4.57. The van der Waals surface area contributed by atoms with Gasteiger partial charge in [0.15, 0.2) is 10.8 Å². The fourth-order valence-electron chi connectivity index (χ4n) is 4.67. The van der Waals surface area contributed by atoms with Crippen LogP contribution >= 0.6 is 23.1 Å². The molecule has 0 unspecified atom stereocenters. The van der Waals surface area contributed by atoms with Gasteiger partial charge in [-0.1, -0.05) is 41.7 Å². The second-order valence-electron chi connectivity index (χ2n) is 9.29. The Morgan fingerprint density at radius 1 is 0.973 bits per heavy atom. The third-order valence-corrected chi connectivity index (χ3v) is 8.76. The van der Waals surface area contributed by atoms with E-state index < -0.39 is 10.2 Å². The summed E-state index contributed by atoms with van der Waals surface area (Å²) in [6, 6.07) is 10.7. The van der Waals surface area contributed by atoms with Gasteiger partial charge in [-0.3, -0.25) is 0 Å². The van der Waals surface area contributed by atoms with Gasteiger partial charge in [-0.05, 0) is 24.4 Å². The maximum absolute atomic E-state index is 8.49. The fraction of sp³-hybridized carbons (Fsp3) is 0.458. The lowest BCUT2D eigenvalue weighted by Crippen LogP contribution is -2.68. The van der Waals surface area contributed by atoms with E-state index in [0.717, 1.165) is 74.3 Å². The smallest absolute Gasteiger partial charge is 0.360 e. The van der Waals surface area contributed by atoms with E-state index in [2.05, 4.69) is 53.7 Å². The molecular formula is C24H27ClN4O6S2. The summed E-state index contributed by atoms with van der Waals surface area (Å²) >= 11 is 3.65. The number of aliphatic imine (C=N–C) groups is 1. The number of fused-ring (bicyclic) bond motifs is 2. The summed E-state index contributed by atoms with van der Waals surface area (Å²) < 4.78 is 47.5. The molecule has 1 aromatic carbocycles. The van der Waals surface area contributed by atoms with Crippen LogP contribution in [0.15, 0.2) is 40.2 Å². The normalized spacial score (nSPS) is 21.2. The number of thioether (sulfide) groups is 1. The lowest BCUT2D eigenvalue weighted by molar-refractivity contribution is -2.00. The van der Waals surface area contributed by atoms with Crippen LogP contribution in [0, 0.1) is 10.2 Å². The maximum atomic E-state index is 8.49. The van der Waals surface area contributed by atoms with Crippen LogP contribution in [-0.4, -0.2) is 73.0 Å². The molecule has 2 saturated heterocycles. The minimum Gasteiger partial charge on any atom is -0.378 e. The third-order valence-electron chi connectivity index (χ3n) is 6.50. The second-order valence-corrected chi connectivity index (χ2v) is 12.0. The largest absolute Gasteiger partial charge is 0.378 e. The number of nitrogens with zero attached hydrogens (tertiary/aromatic N) is 4. The molecule has 2 aromatic rings. The first kappa shape index (κ1) is 26.7. The molecule has 0 N–H and O–H groups in total. The molecular weight excluding hydrogens is 540 g/mol. The first-order chi connectivity index (χ1) is 17.6. The van der Waals surface area contributed by atoms with E-state index in [1.54, 1.807) is 0 Å². The van der Waals surface area contributed by atoms with E-state index in [-0.39, 0.29) is 5.41 Å². The van der Waals surface area contributed by atoms with Gasteiger partial charge in [-0.2, -0.15) is 0 Å². The first-order valence-electron chi connectivity index (χ1n) is 11.9. The Hall–Kier alpha value is -1.87. The number of ether oxygens (including phenoxy) is 2. The molecule has 1 aromatic heterocycles. The third kappa shape index (κ3) is 5.77. The molecule has 0 bridgehead atoms. The molecule has 0 radical (unpaired) electrons. The Morgan fingerprint density at radius 2 is 1.59 bits per heavy atom. The number of halogens is 1. The number of thiazole rings is 1. The van der Waals surface area contributed by atoms with Crippen LogP contribution in [-0.2, 0) is 14.9 Å². The van der Waals surface area contributed by atoms with Crippen LogP contribution in [0.2, 0.25) is 0 Å². The lowest BCUT2D eigenvalue weighted by atomic mass is 9.76. The van der Waals surface area contributed by atoms with Crippen LogP contribution < -0.4 is 23.5 Å². The van der Waals surface area contributed by atoms with Crippen LogP contribution in [0.3, 0.4) is 0 Å². The van der Waals surface area contributed by atoms with Crippen molar-refractivity contribution in [3.8, 4) is 0 Å². The van der Waals surface area contributed by atoms with Gasteiger partial charge in [0.05, 0.1) is 47.3 Å². The van der Waals surface area contributed by atoms with Gasteiger partial charge in [0.2, 0.25) is 0 Å². The number of morpholine rings is 2. The highest BCUT2D eigenvalue weighted by molar-refractivity contribution is 8.18. The van der Waals surface area contributed by atoms with Crippen LogP contribution in [0.4, 0.5) is 5.13 Å². The Labute approximate surface area is 225 Å². The highest BCUT2D eigenvalue weighted by atomic mass is 35.7. The minimum atomic E-state index is -4.94. The lowest BCUT2D eigenvalue weighted by Gasteiger charge is -2.28. The average Bonchev–Trinajstić information content (AvgIpc) is 3.52. The van der Waals surface area contributed by atoms with Crippen LogP contribution in [0.5, 0.6) is 0 Å². The number of allylic oxidation sites excluding steroid dienone is 1. The quantitative estimate of drug-likeness (QED) is 0.412. The fourth-order valence-corrected chi connectivity index (χ4v) is 7.43. The Bertz CT molecular complexity index is 1240. The summed E-state index contributed by atoms with van der Waals surface area (Å²) in [5.74, 6) is 0. The first-order valence-corrected chi connectivity index (χ1v) is 14.7. The van der Waals surface area contributed by atoms with Crippen molar-refractivity contribution in [3.63, 3.8) is 0 Å². The van der Waals surface area contributed by atoms with Crippen molar-refractivity contribution in [3.05, 3.63) is 51.4 Å². The number of benzene rings is 1. The average molecular weight is 567 g/mol. The number of hydrogen-bond acceptors (Lipinski definition) is 10. The zero-order valence-corrected chi connectivity index (χ0v) is 22.9. The molecule has 0 amide bonds. The molecule has 10 nitrogen and oxygen atoms in total. The van der Waals surface area contributed by atoms with Crippen molar-refractivity contribution in [2.45, 2.75) is 19.3 Å². The maximum Gasteiger partial charge on any atom is 0.360 e. The molecule has 37 heavy (non-hydrogen) atoms. The van der Waals surface area contributed by atoms with Crippen molar-refractivity contribution in [2.24, 2.45) is 4.99 Å². The number of amidine groups is 1. The summed E-state index contributed by atoms with van der Waals surface area (Å²) in [6.07, 6.45) is 0. The highest BCUT2D eigenvalue weighted by Gasteiger charge is 2.50. The summed E-state index contributed by atoms with van der Waals surface area (Å²) in [6.45, 7) is 11.2. The number of anilines is 1. The van der Waals surface area contributed by atoms with E-state index in [0.29, 0.717) is 0 Å². The van der Waals surface area contributed by atoms with Crippen molar-refractivity contribution in [2.75, 3.05) is 57.5 Å². The molecule has 13 heteroatoms. The van der Waals surface area contributed by atoms with Gasteiger partial charge in [0.1, 0.15) is 13.1 Å². The van der Waals surface area contributed by atoms with Crippen molar-refractivity contribution in [1.82, 2.24) is 4.98 Å². The van der Waals surface area contributed by atoms with Gasteiger partial charge in [0, 0.05) is 30.4 Å². The Morgan fingerprint density at radius 3 is 2.24 bits per heavy atom. The van der Waals surface area contributed by atoms with E-state index in [4.69, 9.17) is 38.1 Å². The Balaban J connectivity index is 0.000000514.